The Labute approximate surface area is 677 Å². The fraction of sp³-hybridized carbons (Fsp3) is 0.268. The molecule has 0 bridgehead atoms. The number of hydrogen-bond acceptors (Lipinski definition) is 10. The Balaban J connectivity index is 0.000000144. The first-order chi connectivity index (χ1) is 56.7. The van der Waals surface area contributed by atoms with Crippen molar-refractivity contribution in [3.05, 3.63) is 341 Å². The summed E-state index contributed by atoms with van der Waals surface area (Å²) in [6.07, 6.45) is 7.11. The van der Waals surface area contributed by atoms with Gasteiger partial charge >= 0.3 is 0 Å². The average Bonchev–Trinajstić information content (AvgIpc) is 0.931. The first-order valence-electron chi connectivity index (χ1n) is 40.3. The molecule has 590 valence electrons. The monoisotopic (exact) mass is 1550 g/mol. The maximum absolute atomic E-state index is 14.2. The lowest BCUT2D eigenvalue weighted by molar-refractivity contribution is -0.142. The number of nitrogens with one attached hydrogen (secondary N) is 3. The minimum atomic E-state index is -0.805. The van der Waals surface area contributed by atoms with Crippen LogP contribution < -0.4 is 20.7 Å². The van der Waals surface area contributed by atoms with Crippen molar-refractivity contribution >= 4 is 74.7 Å². The predicted molar refractivity (Wildman–Crippen MR) is 449 cm³/mol. The van der Waals surface area contributed by atoms with E-state index < -0.39 is 24.0 Å². The van der Waals surface area contributed by atoms with Gasteiger partial charge in [-0.1, -0.05) is 256 Å². The molecular formula is C97H97N9O10. The maximum atomic E-state index is 14.2. The van der Waals surface area contributed by atoms with E-state index in [1.165, 1.54) is 12.0 Å². The van der Waals surface area contributed by atoms with Crippen LogP contribution >= 0.6 is 0 Å². The van der Waals surface area contributed by atoms with Crippen molar-refractivity contribution in [3.8, 4) is 5.75 Å². The van der Waals surface area contributed by atoms with Crippen molar-refractivity contribution in [3.63, 3.8) is 0 Å². The highest BCUT2D eigenvalue weighted by atomic mass is 16.5. The number of nitrogens with zero attached hydrogens (tertiary/aromatic N) is 6. The number of fused-ring (bicyclic) bond motifs is 3. The van der Waals surface area contributed by atoms with Gasteiger partial charge in [-0.15, -0.1) is 0 Å². The predicted octanol–water partition coefficient (Wildman–Crippen LogP) is 13.4. The Bertz CT molecular complexity index is 5220. The van der Waals surface area contributed by atoms with E-state index in [4.69, 9.17) is 4.74 Å². The molecule has 3 aliphatic heterocycles. The molecule has 11 aromatic carbocycles. The molecule has 1 saturated carbocycles. The molecule has 0 radical (unpaired) electrons. The molecular weight excluding hydrogens is 1450 g/mol. The summed E-state index contributed by atoms with van der Waals surface area (Å²) in [7, 11) is 1.60. The number of aryl methyl sites for hydroxylation is 1. The summed E-state index contributed by atoms with van der Waals surface area (Å²) in [5.74, 6) is -1.10. The highest BCUT2D eigenvalue weighted by Gasteiger charge is 2.43. The van der Waals surface area contributed by atoms with Crippen LogP contribution in [0.4, 0.5) is 0 Å². The average molecular weight is 1550 g/mol. The van der Waals surface area contributed by atoms with Crippen molar-refractivity contribution in [1.82, 2.24) is 45.3 Å². The third-order valence-corrected chi connectivity index (χ3v) is 23.0. The number of ether oxygens (including phenoxy) is 1. The minimum absolute atomic E-state index is 0.0366. The van der Waals surface area contributed by atoms with Crippen LogP contribution in [0.3, 0.4) is 0 Å². The number of amides is 9. The zero-order chi connectivity index (χ0) is 80.3. The summed E-state index contributed by atoms with van der Waals surface area (Å²) in [6.45, 7) is 3.25. The third kappa shape index (κ3) is 19.1. The number of hydrogen-bond donors (Lipinski definition) is 3. The normalized spacial score (nSPS) is 17.3. The van der Waals surface area contributed by atoms with Crippen molar-refractivity contribution in [2.45, 2.75) is 94.5 Å². The van der Waals surface area contributed by atoms with Crippen molar-refractivity contribution < 1.29 is 47.9 Å². The molecule has 4 unspecified atom stereocenters. The molecule has 19 nitrogen and oxygen atoms in total. The summed E-state index contributed by atoms with van der Waals surface area (Å²) in [4.78, 5) is 132. The maximum Gasteiger partial charge on any atom is 0.254 e. The lowest BCUT2D eigenvalue weighted by Crippen LogP contribution is -2.62. The largest absolute Gasteiger partial charge is 0.497 e. The number of rotatable bonds is 18. The lowest BCUT2D eigenvalue weighted by atomic mass is 9.88. The van der Waals surface area contributed by atoms with Gasteiger partial charge in [-0.25, -0.2) is 0 Å². The molecule has 0 spiro atoms. The Morgan fingerprint density at radius 2 is 0.810 bits per heavy atom. The second kappa shape index (κ2) is 38.2. The van der Waals surface area contributed by atoms with Crippen molar-refractivity contribution in [2.75, 3.05) is 66.0 Å². The Hall–Kier alpha value is -13.0. The van der Waals surface area contributed by atoms with Crippen molar-refractivity contribution in [1.29, 1.82) is 0 Å². The molecule has 4 fully saturated rings. The molecule has 11 aromatic rings. The number of methoxy groups -OCH3 is 1. The van der Waals surface area contributed by atoms with E-state index in [2.05, 4.69) is 40.2 Å². The quantitative estimate of drug-likeness (QED) is 0.0738. The second-order valence-corrected chi connectivity index (χ2v) is 30.2. The molecule has 3 N–H and O–H groups in total. The molecule has 19 heteroatoms. The fourth-order valence-corrected chi connectivity index (χ4v) is 16.7. The zero-order valence-electron chi connectivity index (χ0n) is 65.3. The van der Waals surface area contributed by atoms with E-state index in [1.807, 2.05) is 217 Å². The number of benzene rings is 11. The molecule has 5 aliphatic rings. The summed E-state index contributed by atoms with van der Waals surface area (Å²) in [5.41, 5.74) is 8.63. The van der Waals surface area contributed by atoms with Gasteiger partial charge in [-0.05, 0) is 135 Å². The molecule has 9 amide bonds. The van der Waals surface area contributed by atoms with Gasteiger partial charge in [-0.3, -0.25) is 43.2 Å². The topological polar surface area (TPSA) is 218 Å². The number of carbonyl (C=O) groups excluding carboxylic acids is 9. The van der Waals surface area contributed by atoms with E-state index in [1.54, 1.807) is 80.1 Å². The highest BCUT2D eigenvalue weighted by Crippen LogP contribution is 2.34. The smallest absolute Gasteiger partial charge is 0.254 e. The summed E-state index contributed by atoms with van der Waals surface area (Å²) in [5, 5.41) is 13.7. The first-order valence-corrected chi connectivity index (χ1v) is 40.3. The standard InChI is InChI=1S/C35H33N3O3.C32H31N3O4.C30H33N3O3/c39-33(36-30-21-20-25-12-10-11-19-29(25)30)31-24-37(22-23-38(31)34(40)28-17-8-3-9-18-28)35(41)32(26-13-4-1-5-14-26)27-15-6-2-7-16-27;1-39-27-16-14-23(15-17-27)20-30(36)34-18-19-35(32(38)25-9-3-2-4-10-25)29(22-34)31(37)33-21-26-12-7-11-24-8-5-6-13-28(24)26;34-28(31-20-25-16-9-15-22-10-7-8-17-26(22)25)27-21-32(29(35)23-11-3-1-4-12-23)18-19-33(27)30(36)24-13-5-2-6-14-24/h1-19,30-32H,20-24H2,(H,36,39);2-17,29H,18-22H2,1H3,(H,33,37);2,5-10,13-17,23,27H,1,3-4,11-12,18-21H2,(H,31,34). The lowest BCUT2D eigenvalue weighted by Gasteiger charge is -2.42. The fourth-order valence-electron chi connectivity index (χ4n) is 16.7. The van der Waals surface area contributed by atoms with Crippen LogP contribution in [0, 0.1) is 5.92 Å². The van der Waals surface area contributed by atoms with Gasteiger partial charge in [0.05, 0.1) is 45.1 Å². The Morgan fingerprint density at radius 1 is 0.397 bits per heavy atom. The van der Waals surface area contributed by atoms with Gasteiger partial charge in [0.15, 0.2) is 0 Å². The van der Waals surface area contributed by atoms with Gasteiger partial charge in [-0.2, -0.15) is 0 Å². The second-order valence-electron chi connectivity index (χ2n) is 30.2. The summed E-state index contributed by atoms with van der Waals surface area (Å²) < 4.78 is 5.20. The van der Waals surface area contributed by atoms with Crippen LogP contribution in [0.1, 0.15) is 121 Å². The van der Waals surface area contributed by atoms with Crippen molar-refractivity contribution in [2.24, 2.45) is 5.92 Å². The van der Waals surface area contributed by atoms with E-state index >= 15 is 0 Å². The molecule has 16 rings (SSSR count). The molecule has 116 heavy (non-hydrogen) atoms. The van der Waals surface area contributed by atoms with Crippen LogP contribution in [-0.2, 0) is 54.7 Å². The van der Waals surface area contributed by atoms with E-state index in [0.717, 1.165) is 99.2 Å². The molecule has 2 aliphatic carbocycles. The third-order valence-electron chi connectivity index (χ3n) is 23.0. The van der Waals surface area contributed by atoms with Crippen LogP contribution in [0.5, 0.6) is 5.75 Å². The first kappa shape index (κ1) is 79.6. The summed E-state index contributed by atoms with van der Waals surface area (Å²) >= 11 is 0. The molecule has 4 atom stereocenters. The van der Waals surface area contributed by atoms with E-state index in [0.29, 0.717) is 56.0 Å². The van der Waals surface area contributed by atoms with Gasteiger partial charge in [0.1, 0.15) is 23.9 Å². The molecule has 3 saturated heterocycles. The minimum Gasteiger partial charge on any atom is -0.497 e. The zero-order valence-corrected chi connectivity index (χ0v) is 65.3. The van der Waals surface area contributed by atoms with Crippen LogP contribution in [-0.4, -0.2) is 167 Å². The number of piperazine rings is 3. The molecule has 3 heterocycles. The van der Waals surface area contributed by atoms with Gasteiger partial charge in [0, 0.05) is 75.0 Å². The number of carbonyl (C=O) groups is 9. The van der Waals surface area contributed by atoms with Crippen LogP contribution in [0.25, 0.3) is 21.5 Å². The summed E-state index contributed by atoms with van der Waals surface area (Å²) in [6, 6.07) is 87.7. The Kier molecular flexibility index (Phi) is 26.2. The van der Waals surface area contributed by atoms with E-state index in [9.17, 15) is 43.2 Å². The molecule has 0 aromatic heterocycles. The highest BCUT2D eigenvalue weighted by molar-refractivity contribution is 6.01. The van der Waals surface area contributed by atoms with Crippen LogP contribution in [0.15, 0.2) is 285 Å². The SMILES string of the molecule is COc1ccc(CC(=O)N2CCN(C(=O)c3ccccc3)C(C(=O)NCc3cccc4ccccc34)C2)cc1.O=C(NC1CCc2ccccc21)C1CN(C(=O)C(c2ccccc2)c2ccccc2)CCN1C(=O)c1ccccc1.O=C(NCc1cccc2ccccc12)C1CN(C(=O)C2CCCCC2)CCN1C(=O)c1ccccc1. The van der Waals surface area contributed by atoms with E-state index in [-0.39, 0.29) is 104 Å². The van der Waals surface area contributed by atoms with Gasteiger partial charge in [0.2, 0.25) is 35.4 Å². The van der Waals surface area contributed by atoms with Gasteiger partial charge in [0.25, 0.3) is 17.7 Å². The van der Waals surface area contributed by atoms with Gasteiger partial charge < -0.3 is 50.1 Å². The Morgan fingerprint density at radius 3 is 1.31 bits per heavy atom. The van der Waals surface area contributed by atoms with Crippen LogP contribution in [0.2, 0.25) is 0 Å².